The highest BCUT2D eigenvalue weighted by molar-refractivity contribution is 5.97. The van der Waals surface area contributed by atoms with Gasteiger partial charge in [0.15, 0.2) is 0 Å². The summed E-state index contributed by atoms with van der Waals surface area (Å²) < 4.78 is 0. The molecule has 1 aromatic heterocycles. The van der Waals surface area contributed by atoms with Crippen LogP contribution < -0.4 is 5.32 Å². The number of rotatable bonds is 2. The van der Waals surface area contributed by atoms with Gasteiger partial charge in [0.2, 0.25) is 0 Å². The zero-order valence-corrected chi connectivity index (χ0v) is 10.1. The van der Waals surface area contributed by atoms with Gasteiger partial charge >= 0.3 is 0 Å². The lowest BCUT2D eigenvalue weighted by molar-refractivity contribution is 0.0880. The maximum absolute atomic E-state index is 12.0. The number of carbonyl (C=O) groups excluding carboxylic acids is 1. The van der Waals surface area contributed by atoms with Gasteiger partial charge in [-0.05, 0) is 25.8 Å². The van der Waals surface area contributed by atoms with Crippen LogP contribution in [0.4, 0.5) is 0 Å². The Morgan fingerprint density at radius 2 is 2.12 bits per heavy atom. The fourth-order valence-corrected chi connectivity index (χ4v) is 2.38. The molecule has 0 aliphatic heterocycles. The van der Waals surface area contributed by atoms with Gasteiger partial charge in [-0.1, -0.05) is 19.3 Å². The Balaban J connectivity index is 2.09. The van der Waals surface area contributed by atoms with Crippen molar-refractivity contribution in [2.45, 2.75) is 44.6 Å². The number of nitrogens with one attached hydrogen (secondary N) is 1. The minimum atomic E-state index is -0.214. The maximum Gasteiger partial charge on any atom is 0.255 e. The van der Waals surface area contributed by atoms with E-state index in [1.807, 2.05) is 0 Å². The van der Waals surface area contributed by atoms with E-state index in [4.69, 9.17) is 0 Å². The Bertz CT molecular complexity index is 412. The van der Waals surface area contributed by atoms with Crippen LogP contribution in [0.3, 0.4) is 0 Å². The lowest BCUT2D eigenvalue weighted by Crippen LogP contribution is -2.47. The van der Waals surface area contributed by atoms with Gasteiger partial charge in [-0.3, -0.25) is 9.78 Å². The van der Waals surface area contributed by atoms with Gasteiger partial charge in [-0.15, -0.1) is 0 Å². The topological polar surface area (TPSA) is 62.2 Å². The SMILES string of the molecule is CC1(NC(=O)c2ccncc2O)CCCCC1. The summed E-state index contributed by atoms with van der Waals surface area (Å²) in [5.74, 6) is -0.279. The van der Waals surface area contributed by atoms with Crippen LogP contribution in [0.5, 0.6) is 5.75 Å². The molecule has 1 amide bonds. The first-order valence-corrected chi connectivity index (χ1v) is 6.06. The predicted octanol–water partition coefficient (Wildman–Crippen LogP) is 2.24. The van der Waals surface area contributed by atoms with Crippen molar-refractivity contribution in [1.82, 2.24) is 10.3 Å². The third kappa shape index (κ3) is 2.75. The summed E-state index contributed by atoms with van der Waals surface area (Å²) >= 11 is 0. The second-order valence-electron chi connectivity index (χ2n) is 4.97. The maximum atomic E-state index is 12.0. The van der Waals surface area contributed by atoms with Crippen LogP contribution >= 0.6 is 0 Å². The molecule has 4 nitrogen and oxygen atoms in total. The molecule has 17 heavy (non-hydrogen) atoms. The average molecular weight is 234 g/mol. The van der Waals surface area contributed by atoms with E-state index >= 15 is 0 Å². The van der Waals surface area contributed by atoms with Gasteiger partial charge in [0.05, 0.1) is 11.8 Å². The van der Waals surface area contributed by atoms with Crippen molar-refractivity contribution >= 4 is 5.91 Å². The Morgan fingerprint density at radius 3 is 2.76 bits per heavy atom. The molecule has 1 aliphatic rings. The summed E-state index contributed by atoms with van der Waals surface area (Å²) in [5.41, 5.74) is 0.164. The monoisotopic (exact) mass is 234 g/mol. The highest BCUT2D eigenvalue weighted by Gasteiger charge is 2.29. The number of aromatic nitrogens is 1. The molecule has 2 N–H and O–H groups in total. The standard InChI is InChI=1S/C13H18N2O2/c1-13(6-3-2-4-7-13)15-12(17)10-5-8-14-9-11(10)16/h5,8-9,16H,2-4,6-7H2,1H3,(H,15,17). The molecule has 1 aromatic rings. The van der Waals surface area contributed by atoms with Gasteiger partial charge < -0.3 is 10.4 Å². The lowest BCUT2D eigenvalue weighted by atomic mass is 9.83. The number of aromatic hydroxyl groups is 1. The summed E-state index contributed by atoms with van der Waals surface area (Å²) in [5, 5.41) is 12.6. The highest BCUT2D eigenvalue weighted by atomic mass is 16.3. The minimum absolute atomic E-state index is 0.0654. The molecule has 0 saturated heterocycles. The minimum Gasteiger partial charge on any atom is -0.505 e. The lowest BCUT2D eigenvalue weighted by Gasteiger charge is -2.34. The van der Waals surface area contributed by atoms with Gasteiger partial charge in [-0.25, -0.2) is 0 Å². The molecule has 0 bridgehead atoms. The summed E-state index contributed by atoms with van der Waals surface area (Å²) in [6.45, 7) is 2.07. The Morgan fingerprint density at radius 1 is 1.41 bits per heavy atom. The molecule has 0 spiro atoms. The zero-order chi connectivity index (χ0) is 12.3. The van der Waals surface area contributed by atoms with Crippen LogP contribution in [0.2, 0.25) is 0 Å². The van der Waals surface area contributed by atoms with Crippen LogP contribution in [0.25, 0.3) is 0 Å². The Kier molecular flexibility index (Phi) is 3.31. The van der Waals surface area contributed by atoms with E-state index in [1.54, 1.807) is 0 Å². The van der Waals surface area contributed by atoms with Crippen molar-refractivity contribution in [2.24, 2.45) is 0 Å². The fraction of sp³-hybridized carbons (Fsp3) is 0.538. The number of nitrogens with zero attached hydrogens (tertiary/aromatic N) is 1. The van der Waals surface area contributed by atoms with E-state index in [0.717, 1.165) is 25.7 Å². The van der Waals surface area contributed by atoms with Gasteiger partial charge in [0.25, 0.3) is 5.91 Å². The number of hydrogen-bond acceptors (Lipinski definition) is 3. The van der Waals surface area contributed by atoms with Gasteiger partial charge in [0, 0.05) is 11.7 Å². The number of hydrogen-bond donors (Lipinski definition) is 2. The number of pyridine rings is 1. The fourth-order valence-electron chi connectivity index (χ4n) is 2.38. The summed E-state index contributed by atoms with van der Waals surface area (Å²) in [6.07, 6.45) is 8.36. The van der Waals surface area contributed by atoms with Crippen molar-refractivity contribution < 1.29 is 9.90 Å². The Hall–Kier alpha value is -1.58. The smallest absolute Gasteiger partial charge is 0.255 e. The van der Waals surface area contributed by atoms with Crippen LogP contribution in [-0.4, -0.2) is 21.5 Å². The van der Waals surface area contributed by atoms with Crippen molar-refractivity contribution in [3.63, 3.8) is 0 Å². The molecule has 1 aliphatic carbocycles. The second kappa shape index (κ2) is 4.73. The van der Waals surface area contributed by atoms with Crippen LogP contribution in [0.15, 0.2) is 18.5 Å². The molecule has 2 rings (SSSR count). The largest absolute Gasteiger partial charge is 0.505 e. The average Bonchev–Trinajstić information content (AvgIpc) is 2.29. The molecular weight excluding hydrogens is 216 g/mol. The molecule has 0 aromatic carbocycles. The van der Waals surface area contributed by atoms with Crippen LogP contribution in [0.1, 0.15) is 49.4 Å². The first kappa shape index (κ1) is 11.9. The summed E-state index contributed by atoms with van der Waals surface area (Å²) in [4.78, 5) is 15.8. The zero-order valence-electron chi connectivity index (χ0n) is 10.1. The molecular formula is C13H18N2O2. The van der Waals surface area contributed by atoms with Crippen molar-refractivity contribution in [2.75, 3.05) is 0 Å². The van der Waals surface area contributed by atoms with E-state index < -0.39 is 0 Å². The van der Waals surface area contributed by atoms with Crippen molar-refractivity contribution in [3.8, 4) is 5.75 Å². The van der Waals surface area contributed by atoms with E-state index in [2.05, 4.69) is 17.2 Å². The van der Waals surface area contributed by atoms with Crippen molar-refractivity contribution in [3.05, 3.63) is 24.0 Å². The molecule has 0 unspecified atom stereocenters. The highest BCUT2D eigenvalue weighted by Crippen LogP contribution is 2.28. The normalized spacial score (nSPS) is 18.6. The molecule has 0 radical (unpaired) electrons. The summed E-state index contributed by atoms with van der Waals surface area (Å²) in [7, 11) is 0. The van der Waals surface area contributed by atoms with Crippen LogP contribution in [-0.2, 0) is 0 Å². The molecule has 0 atom stereocenters. The number of amides is 1. The first-order valence-electron chi connectivity index (χ1n) is 6.06. The third-order valence-electron chi connectivity index (χ3n) is 3.42. The first-order chi connectivity index (χ1) is 8.11. The third-order valence-corrected chi connectivity index (χ3v) is 3.42. The summed E-state index contributed by atoms with van der Waals surface area (Å²) in [6, 6.07) is 1.54. The molecule has 1 saturated carbocycles. The van der Waals surface area contributed by atoms with Crippen LogP contribution in [0, 0.1) is 0 Å². The van der Waals surface area contributed by atoms with Crippen molar-refractivity contribution in [1.29, 1.82) is 0 Å². The van der Waals surface area contributed by atoms with Gasteiger partial charge in [-0.2, -0.15) is 0 Å². The number of carbonyl (C=O) groups is 1. The molecule has 1 fully saturated rings. The van der Waals surface area contributed by atoms with E-state index in [-0.39, 0.29) is 17.2 Å². The van der Waals surface area contributed by atoms with Gasteiger partial charge in [0.1, 0.15) is 5.75 Å². The van der Waals surface area contributed by atoms with E-state index in [0.29, 0.717) is 5.56 Å². The predicted molar refractivity (Wildman–Crippen MR) is 64.9 cm³/mol. The Labute approximate surface area is 101 Å². The molecule has 1 heterocycles. The molecule has 92 valence electrons. The van der Waals surface area contributed by atoms with E-state index in [9.17, 15) is 9.90 Å². The molecule has 4 heteroatoms. The quantitative estimate of drug-likeness (QED) is 0.825. The second-order valence-corrected chi connectivity index (χ2v) is 4.97. The van der Waals surface area contributed by atoms with E-state index in [1.165, 1.54) is 24.9 Å².